The second-order valence-corrected chi connectivity index (χ2v) is 6.58. The highest BCUT2D eigenvalue weighted by Crippen LogP contribution is 2.32. The summed E-state index contributed by atoms with van der Waals surface area (Å²) in [6.45, 7) is 1.75. The van der Waals surface area contributed by atoms with Gasteiger partial charge < -0.3 is 9.84 Å². The molecule has 130 valence electrons. The van der Waals surface area contributed by atoms with Crippen molar-refractivity contribution < 1.29 is 9.32 Å². The van der Waals surface area contributed by atoms with Crippen molar-refractivity contribution in [1.82, 2.24) is 19.9 Å². The smallest absolute Gasteiger partial charge is 0.273 e. The van der Waals surface area contributed by atoms with E-state index in [2.05, 4.69) is 20.6 Å². The van der Waals surface area contributed by atoms with Crippen molar-refractivity contribution in [2.75, 3.05) is 5.32 Å². The fourth-order valence-electron chi connectivity index (χ4n) is 2.58. The van der Waals surface area contributed by atoms with Crippen LogP contribution in [0.5, 0.6) is 0 Å². The fraction of sp³-hybridized carbons (Fsp3) is 0.111. The molecule has 0 aliphatic rings. The molecule has 0 radical (unpaired) electrons. The summed E-state index contributed by atoms with van der Waals surface area (Å²) >= 11 is 1.43. The minimum absolute atomic E-state index is 0.252. The first-order valence-electron chi connectivity index (χ1n) is 7.91. The Morgan fingerprint density at radius 3 is 2.77 bits per heavy atom. The highest BCUT2D eigenvalue weighted by Gasteiger charge is 2.19. The van der Waals surface area contributed by atoms with E-state index >= 15 is 0 Å². The molecule has 0 aliphatic heterocycles. The largest absolute Gasteiger partial charge is 0.333 e. The summed E-state index contributed by atoms with van der Waals surface area (Å²) < 4.78 is 6.77. The minimum Gasteiger partial charge on any atom is -0.333 e. The predicted octanol–water partition coefficient (Wildman–Crippen LogP) is 3.76. The lowest BCUT2D eigenvalue weighted by atomic mass is 10.1. The van der Waals surface area contributed by atoms with Crippen LogP contribution >= 0.6 is 11.3 Å². The van der Waals surface area contributed by atoms with Crippen LogP contribution in [0, 0.1) is 6.92 Å². The Hall–Kier alpha value is -3.26. The lowest BCUT2D eigenvalue weighted by molar-refractivity contribution is 0.101. The molecule has 0 saturated heterocycles. The number of aromatic nitrogens is 4. The molecule has 0 atom stereocenters. The number of anilines is 1. The second kappa shape index (κ2) is 6.57. The van der Waals surface area contributed by atoms with Crippen LogP contribution in [0.15, 0.2) is 52.4 Å². The van der Waals surface area contributed by atoms with Crippen molar-refractivity contribution in [2.24, 2.45) is 7.05 Å². The Morgan fingerprint density at radius 2 is 2.04 bits per heavy atom. The molecule has 0 saturated carbocycles. The first-order valence-corrected chi connectivity index (χ1v) is 8.79. The highest BCUT2D eigenvalue weighted by atomic mass is 32.1. The molecule has 4 aromatic rings. The van der Waals surface area contributed by atoms with Gasteiger partial charge in [-0.1, -0.05) is 35.5 Å². The Labute approximate surface area is 153 Å². The van der Waals surface area contributed by atoms with E-state index in [1.807, 2.05) is 41.8 Å². The van der Waals surface area contributed by atoms with E-state index in [9.17, 15) is 4.79 Å². The maximum Gasteiger partial charge on any atom is 0.273 e. The lowest BCUT2D eigenvalue weighted by Crippen LogP contribution is -2.16. The number of carbonyl (C=O) groups is 1. The van der Waals surface area contributed by atoms with Crippen LogP contribution in [0.4, 0.5) is 5.69 Å². The third-order valence-corrected chi connectivity index (χ3v) is 4.72. The molecular weight excluding hydrogens is 350 g/mol. The van der Waals surface area contributed by atoms with E-state index < -0.39 is 0 Å². The Bertz CT molecular complexity index is 1060. The summed E-state index contributed by atoms with van der Waals surface area (Å²) in [5, 5.41) is 13.0. The maximum atomic E-state index is 12.7. The topological polar surface area (TPSA) is 85.8 Å². The Balaban J connectivity index is 1.60. The van der Waals surface area contributed by atoms with E-state index in [0.29, 0.717) is 23.1 Å². The Morgan fingerprint density at radius 1 is 1.23 bits per heavy atom. The number of hydrogen-bond acceptors (Lipinski definition) is 6. The zero-order chi connectivity index (χ0) is 18.1. The van der Waals surface area contributed by atoms with Crippen LogP contribution in [0.1, 0.15) is 16.3 Å². The zero-order valence-electron chi connectivity index (χ0n) is 14.1. The zero-order valence-corrected chi connectivity index (χ0v) is 14.9. The van der Waals surface area contributed by atoms with Crippen molar-refractivity contribution in [2.45, 2.75) is 6.92 Å². The van der Waals surface area contributed by atoms with Crippen LogP contribution in [0.3, 0.4) is 0 Å². The lowest BCUT2D eigenvalue weighted by Gasteiger charge is -2.04. The number of nitrogens with zero attached hydrogens (tertiary/aromatic N) is 4. The molecule has 1 N–H and O–H groups in total. The molecule has 26 heavy (non-hydrogen) atoms. The standard InChI is InChI=1S/C18H15N5O2S/c1-11-19-18(25-22-11)16-13(8-9-26-16)20-17(24)15-10-14(21-23(15)2)12-6-4-3-5-7-12/h3-10H,1-2H3,(H,20,24). The van der Waals surface area contributed by atoms with Gasteiger partial charge in [0, 0.05) is 12.6 Å². The van der Waals surface area contributed by atoms with Crippen LogP contribution in [0.25, 0.3) is 22.0 Å². The number of carbonyl (C=O) groups excluding carboxylic acids is 1. The number of benzene rings is 1. The molecule has 3 aromatic heterocycles. The van der Waals surface area contributed by atoms with Crippen LogP contribution in [0.2, 0.25) is 0 Å². The van der Waals surface area contributed by atoms with Crippen molar-refractivity contribution in [3.05, 3.63) is 59.4 Å². The predicted molar refractivity (Wildman–Crippen MR) is 98.9 cm³/mol. The van der Waals surface area contributed by atoms with E-state index in [4.69, 9.17) is 4.52 Å². The molecule has 4 rings (SSSR count). The van der Waals surface area contributed by atoms with Gasteiger partial charge in [-0.15, -0.1) is 11.3 Å². The molecule has 7 nitrogen and oxygen atoms in total. The van der Waals surface area contributed by atoms with Crippen molar-refractivity contribution in [3.63, 3.8) is 0 Å². The third-order valence-electron chi connectivity index (χ3n) is 3.82. The SMILES string of the molecule is Cc1noc(-c2sccc2NC(=O)c2cc(-c3ccccc3)nn2C)n1. The molecule has 0 bridgehead atoms. The number of amides is 1. The summed E-state index contributed by atoms with van der Waals surface area (Å²) in [5.74, 6) is 0.686. The molecule has 0 unspecified atom stereocenters. The summed E-state index contributed by atoms with van der Waals surface area (Å²) in [4.78, 5) is 17.7. The first-order chi connectivity index (χ1) is 12.6. The van der Waals surface area contributed by atoms with Crippen LogP contribution < -0.4 is 5.32 Å². The molecule has 1 amide bonds. The van der Waals surface area contributed by atoms with Crippen molar-refractivity contribution in [1.29, 1.82) is 0 Å². The van der Waals surface area contributed by atoms with Gasteiger partial charge in [-0.25, -0.2) is 0 Å². The minimum atomic E-state index is -0.252. The first kappa shape index (κ1) is 16.2. The third kappa shape index (κ3) is 3.02. The normalized spacial score (nSPS) is 10.8. The summed E-state index contributed by atoms with van der Waals surface area (Å²) in [5.41, 5.74) is 2.80. The molecule has 0 spiro atoms. The second-order valence-electron chi connectivity index (χ2n) is 5.67. The van der Waals surface area contributed by atoms with E-state index in [1.165, 1.54) is 11.3 Å². The fourth-order valence-corrected chi connectivity index (χ4v) is 3.35. The maximum absolute atomic E-state index is 12.7. The van der Waals surface area contributed by atoms with E-state index in [0.717, 1.165) is 16.1 Å². The van der Waals surface area contributed by atoms with Crippen LogP contribution in [-0.2, 0) is 7.05 Å². The number of aryl methyl sites for hydroxylation is 2. The molecule has 1 aromatic carbocycles. The van der Waals surface area contributed by atoms with Gasteiger partial charge in [-0.05, 0) is 24.4 Å². The summed E-state index contributed by atoms with van der Waals surface area (Å²) in [6.07, 6.45) is 0. The average molecular weight is 365 g/mol. The quantitative estimate of drug-likeness (QED) is 0.595. The van der Waals surface area contributed by atoms with Gasteiger partial charge in [0.2, 0.25) is 0 Å². The molecular formula is C18H15N5O2S. The summed E-state index contributed by atoms with van der Waals surface area (Å²) in [6, 6.07) is 13.3. The van der Waals surface area contributed by atoms with Gasteiger partial charge in [-0.3, -0.25) is 9.48 Å². The van der Waals surface area contributed by atoms with E-state index in [1.54, 1.807) is 24.7 Å². The number of thiophene rings is 1. The molecule has 3 heterocycles. The van der Waals surface area contributed by atoms with Crippen LogP contribution in [-0.4, -0.2) is 25.8 Å². The van der Waals surface area contributed by atoms with Gasteiger partial charge in [0.1, 0.15) is 10.6 Å². The Kier molecular flexibility index (Phi) is 4.10. The average Bonchev–Trinajstić information content (AvgIpc) is 3.35. The molecule has 0 fully saturated rings. The number of hydrogen-bond donors (Lipinski definition) is 1. The number of rotatable bonds is 4. The van der Waals surface area contributed by atoms with Crippen molar-refractivity contribution in [3.8, 4) is 22.0 Å². The van der Waals surface area contributed by atoms with Gasteiger partial charge in [0.25, 0.3) is 11.8 Å². The van der Waals surface area contributed by atoms with Gasteiger partial charge >= 0.3 is 0 Å². The molecule has 8 heteroatoms. The van der Waals surface area contributed by atoms with E-state index in [-0.39, 0.29) is 5.91 Å². The van der Waals surface area contributed by atoms with Crippen molar-refractivity contribution >= 4 is 22.9 Å². The van der Waals surface area contributed by atoms with Gasteiger partial charge in [0.15, 0.2) is 5.82 Å². The van der Waals surface area contributed by atoms with Gasteiger partial charge in [0.05, 0.1) is 11.4 Å². The molecule has 0 aliphatic carbocycles. The monoisotopic (exact) mass is 365 g/mol. The number of nitrogens with one attached hydrogen (secondary N) is 1. The van der Waals surface area contributed by atoms with Gasteiger partial charge in [-0.2, -0.15) is 10.1 Å². The highest BCUT2D eigenvalue weighted by molar-refractivity contribution is 7.14. The summed E-state index contributed by atoms with van der Waals surface area (Å²) in [7, 11) is 1.75.